The van der Waals surface area contributed by atoms with Crippen LogP contribution in [0.2, 0.25) is 0 Å². The molecule has 0 saturated heterocycles. The molecule has 4 aromatic rings. The zero-order valence-corrected chi connectivity index (χ0v) is 12.5. The molecule has 0 atom stereocenters. The molecule has 2 aromatic carbocycles. The van der Waals surface area contributed by atoms with Gasteiger partial charge in [0.15, 0.2) is 11.5 Å². The van der Waals surface area contributed by atoms with Crippen molar-refractivity contribution in [3.05, 3.63) is 66.6 Å². The Hall–Kier alpha value is -3.15. The molecule has 0 spiro atoms. The molecule has 0 aliphatic rings. The van der Waals surface area contributed by atoms with Gasteiger partial charge >= 0.3 is 0 Å². The molecule has 0 N–H and O–H groups in total. The third kappa shape index (κ3) is 2.66. The van der Waals surface area contributed by atoms with E-state index in [1.165, 1.54) is 0 Å². The van der Waals surface area contributed by atoms with Gasteiger partial charge < -0.3 is 9.15 Å². The summed E-state index contributed by atoms with van der Waals surface area (Å²) in [7, 11) is 1.66. The Morgan fingerprint density at radius 1 is 1.04 bits per heavy atom. The molecule has 4 rings (SSSR count). The Morgan fingerprint density at radius 3 is 2.57 bits per heavy atom. The number of hydrogen-bond acceptors (Lipinski definition) is 5. The van der Waals surface area contributed by atoms with E-state index in [0.717, 1.165) is 28.1 Å². The van der Waals surface area contributed by atoms with Crippen LogP contribution in [0.5, 0.6) is 5.75 Å². The Bertz CT molecular complexity index is 927. The number of rotatable bonds is 4. The molecular formula is C17H14N4O2. The first kappa shape index (κ1) is 13.5. The molecule has 114 valence electrons. The molecule has 0 unspecified atom stereocenters. The van der Waals surface area contributed by atoms with Crippen LogP contribution >= 0.6 is 0 Å². The van der Waals surface area contributed by atoms with Crippen molar-refractivity contribution < 1.29 is 9.15 Å². The largest absolute Gasteiger partial charge is 0.497 e. The van der Waals surface area contributed by atoms with Gasteiger partial charge in [0.05, 0.1) is 12.8 Å². The van der Waals surface area contributed by atoms with E-state index in [9.17, 15) is 0 Å². The lowest BCUT2D eigenvalue weighted by Crippen LogP contribution is -1.90. The highest BCUT2D eigenvalue weighted by Crippen LogP contribution is 2.21. The summed E-state index contributed by atoms with van der Waals surface area (Å²) in [4.78, 5) is 4.57. The predicted molar refractivity (Wildman–Crippen MR) is 84.7 cm³/mol. The van der Waals surface area contributed by atoms with Crippen LogP contribution in [0.3, 0.4) is 0 Å². The summed E-state index contributed by atoms with van der Waals surface area (Å²) in [6.07, 6.45) is 3.94. The van der Waals surface area contributed by atoms with E-state index in [0.29, 0.717) is 12.3 Å². The number of oxazole rings is 1. The highest BCUT2D eigenvalue weighted by Gasteiger charge is 2.08. The van der Waals surface area contributed by atoms with Gasteiger partial charge in [-0.1, -0.05) is 12.1 Å². The van der Waals surface area contributed by atoms with Crippen LogP contribution in [0.15, 0.2) is 59.5 Å². The van der Waals surface area contributed by atoms with Gasteiger partial charge in [0.1, 0.15) is 23.9 Å². The van der Waals surface area contributed by atoms with Crippen molar-refractivity contribution in [3.8, 4) is 11.4 Å². The molecule has 6 nitrogen and oxygen atoms in total. The number of aromatic nitrogens is 4. The van der Waals surface area contributed by atoms with Gasteiger partial charge in [-0.2, -0.15) is 0 Å². The molecule has 0 bridgehead atoms. The number of hydrogen-bond donors (Lipinski definition) is 0. The van der Waals surface area contributed by atoms with Crippen LogP contribution in [0.4, 0.5) is 0 Å². The highest BCUT2D eigenvalue weighted by atomic mass is 16.5. The standard InChI is InChI=1S/C17H14N4O2/c1-22-14-5-2-12(3-6-14)8-17-20-15-9-13(4-7-16(15)23-17)21-10-18-19-11-21/h2-7,9-11H,8H2,1H3. The summed E-state index contributed by atoms with van der Waals surface area (Å²) in [5, 5.41) is 7.63. The lowest BCUT2D eigenvalue weighted by Gasteiger charge is -2.00. The van der Waals surface area contributed by atoms with E-state index in [-0.39, 0.29) is 0 Å². The summed E-state index contributed by atoms with van der Waals surface area (Å²) in [6.45, 7) is 0. The van der Waals surface area contributed by atoms with E-state index in [1.807, 2.05) is 47.0 Å². The number of benzene rings is 2. The van der Waals surface area contributed by atoms with Crippen molar-refractivity contribution in [1.82, 2.24) is 19.7 Å². The second-order valence-electron chi connectivity index (χ2n) is 5.15. The van der Waals surface area contributed by atoms with Gasteiger partial charge in [0.2, 0.25) is 0 Å². The maximum Gasteiger partial charge on any atom is 0.199 e. The topological polar surface area (TPSA) is 66.0 Å². The van der Waals surface area contributed by atoms with Crippen molar-refractivity contribution in [3.63, 3.8) is 0 Å². The number of ether oxygens (including phenoxy) is 1. The lowest BCUT2D eigenvalue weighted by molar-refractivity contribution is 0.414. The number of nitrogens with zero attached hydrogens (tertiary/aromatic N) is 4. The Balaban J connectivity index is 1.63. The zero-order valence-electron chi connectivity index (χ0n) is 12.5. The van der Waals surface area contributed by atoms with E-state index in [1.54, 1.807) is 19.8 Å². The van der Waals surface area contributed by atoms with Gasteiger partial charge in [-0.25, -0.2) is 4.98 Å². The average Bonchev–Trinajstić information content (AvgIpc) is 3.24. The molecular weight excluding hydrogens is 292 g/mol. The minimum Gasteiger partial charge on any atom is -0.497 e. The predicted octanol–water partition coefficient (Wildman–Crippen LogP) is 3.01. The van der Waals surface area contributed by atoms with Gasteiger partial charge in [0, 0.05) is 6.42 Å². The van der Waals surface area contributed by atoms with Crippen molar-refractivity contribution in [1.29, 1.82) is 0 Å². The van der Waals surface area contributed by atoms with Crippen molar-refractivity contribution in [2.24, 2.45) is 0 Å². The average molecular weight is 306 g/mol. The van der Waals surface area contributed by atoms with Crippen LogP contribution < -0.4 is 4.74 Å². The lowest BCUT2D eigenvalue weighted by atomic mass is 10.1. The Morgan fingerprint density at radius 2 is 1.83 bits per heavy atom. The van der Waals surface area contributed by atoms with E-state index in [4.69, 9.17) is 9.15 Å². The SMILES string of the molecule is COc1ccc(Cc2nc3cc(-n4cnnc4)ccc3o2)cc1. The molecule has 0 aliphatic carbocycles. The van der Waals surface area contributed by atoms with Crippen LogP contribution in [-0.2, 0) is 6.42 Å². The van der Waals surface area contributed by atoms with Gasteiger partial charge in [-0.05, 0) is 35.9 Å². The van der Waals surface area contributed by atoms with E-state index >= 15 is 0 Å². The van der Waals surface area contributed by atoms with Gasteiger partial charge in [-0.3, -0.25) is 4.57 Å². The summed E-state index contributed by atoms with van der Waals surface area (Å²) >= 11 is 0. The fourth-order valence-electron chi connectivity index (χ4n) is 2.45. The summed E-state index contributed by atoms with van der Waals surface area (Å²) in [5.74, 6) is 1.52. The molecule has 23 heavy (non-hydrogen) atoms. The third-order valence-corrected chi connectivity index (χ3v) is 3.65. The minimum absolute atomic E-state index is 0.640. The third-order valence-electron chi connectivity index (χ3n) is 3.65. The summed E-state index contributed by atoms with van der Waals surface area (Å²) in [6, 6.07) is 13.7. The molecule has 2 heterocycles. The molecule has 2 aromatic heterocycles. The Labute approximate surface area is 132 Å². The molecule has 0 aliphatic heterocycles. The van der Waals surface area contributed by atoms with E-state index < -0.39 is 0 Å². The van der Waals surface area contributed by atoms with Crippen molar-refractivity contribution >= 4 is 11.1 Å². The Kier molecular flexibility index (Phi) is 3.27. The van der Waals surface area contributed by atoms with Crippen LogP contribution in [0.1, 0.15) is 11.5 Å². The summed E-state index contributed by atoms with van der Waals surface area (Å²) in [5.41, 5.74) is 3.66. The quantitative estimate of drug-likeness (QED) is 0.580. The van der Waals surface area contributed by atoms with Crippen LogP contribution in [0, 0.1) is 0 Å². The van der Waals surface area contributed by atoms with E-state index in [2.05, 4.69) is 15.2 Å². The number of methoxy groups -OCH3 is 1. The minimum atomic E-state index is 0.640. The van der Waals surface area contributed by atoms with Crippen LogP contribution in [-0.4, -0.2) is 26.9 Å². The summed E-state index contributed by atoms with van der Waals surface area (Å²) < 4.78 is 12.8. The molecule has 0 saturated carbocycles. The first-order valence-corrected chi connectivity index (χ1v) is 7.19. The second kappa shape index (κ2) is 5.57. The smallest absolute Gasteiger partial charge is 0.199 e. The second-order valence-corrected chi connectivity index (χ2v) is 5.15. The van der Waals surface area contributed by atoms with Crippen molar-refractivity contribution in [2.75, 3.05) is 7.11 Å². The van der Waals surface area contributed by atoms with Gasteiger partial charge in [0.25, 0.3) is 0 Å². The maximum atomic E-state index is 5.82. The first-order chi connectivity index (χ1) is 11.3. The zero-order chi connectivity index (χ0) is 15.6. The fraction of sp³-hybridized carbons (Fsp3) is 0.118. The first-order valence-electron chi connectivity index (χ1n) is 7.19. The highest BCUT2D eigenvalue weighted by molar-refractivity contribution is 5.75. The molecule has 6 heteroatoms. The monoisotopic (exact) mass is 306 g/mol. The molecule has 0 radical (unpaired) electrons. The molecule has 0 fully saturated rings. The molecule has 0 amide bonds. The normalized spacial score (nSPS) is 11.0. The van der Waals surface area contributed by atoms with Crippen molar-refractivity contribution in [2.45, 2.75) is 6.42 Å². The number of fused-ring (bicyclic) bond motifs is 1. The maximum absolute atomic E-state index is 5.82. The fourth-order valence-corrected chi connectivity index (χ4v) is 2.45. The van der Waals surface area contributed by atoms with Gasteiger partial charge in [-0.15, -0.1) is 10.2 Å². The van der Waals surface area contributed by atoms with Crippen LogP contribution in [0.25, 0.3) is 16.8 Å².